The second-order valence-electron chi connectivity index (χ2n) is 6.53. The molecule has 1 aromatic carbocycles. The van der Waals surface area contributed by atoms with Crippen LogP contribution in [0.3, 0.4) is 0 Å². The van der Waals surface area contributed by atoms with Crippen LogP contribution in [-0.4, -0.2) is 39.6 Å². The van der Waals surface area contributed by atoms with Crippen molar-refractivity contribution < 1.29 is 30.7 Å². The van der Waals surface area contributed by atoms with Crippen molar-refractivity contribution in [3.8, 4) is 0 Å². The van der Waals surface area contributed by atoms with Crippen LogP contribution in [0, 0.1) is 6.92 Å². The minimum atomic E-state index is -4.91. The molecule has 1 aliphatic heterocycles. The van der Waals surface area contributed by atoms with Gasteiger partial charge in [0.1, 0.15) is 10.7 Å². The Kier molecular flexibility index (Phi) is 5.74. The first-order chi connectivity index (χ1) is 13.1. The molecule has 0 saturated carbocycles. The average molecular weight is 418 g/mol. The molecule has 0 radical (unpaired) electrons. The first kappa shape index (κ1) is 20.7. The fourth-order valence-electron chi connectivity index (χ4n) is 3.06. The number of nitrogens with one attached hydrogen (secondary N) is 1. The summed E-state index contributed by atoms with van der Waals surface area (Å²) in [6.45, 7) is 6.41. The summed E-state index contributed by atoms with van der Waals surface area (Å²) in [5, 5.41) is 0. The third-order valence-electron chi connectivity index (χ3n) is 4.50. The minimum Gasteiger partial charge on any atom is -0.455 e. The number of morpholine rings is 1. The van der Waals surface area contributed by atoms with Gasteiger partial charge in [-0.1, -0.05) is 19.1 Å². The molecule has 1 saturated heterocycles. The molecule has 1 aromatic heterocycles. The number of alkyl halides is 3. The predicted octanol–water partition coefficient (Wildman–Crippen LogP) is 3.80. The van der Waals surface area contributed by atoms with Crippen molar-refractivity contribution in [1.82, 2.24) is 4.90 Å². The molecule has 28 heavy (non-hydrogen) atoms. The summed E-state index contributed by atoms with van der Waals surface area (Å²) < 4.78 is 76.5. The second-order valence-corrected chi connectivity index (χ2v) is 8.18. The Morgan fingerprint density at radius 3 is 2.54 bits per heavy atom. The van der Waals surface area contributed by atoms with Crippen molar-refractivity contribution >= 4 is 15.7 Å². The third-order valence-corrected chi connectivity index (χ3v) is 5.89. The van der Waals surface area contributed by atoms with Gasteiger partial charge in [-0.25, -0.2) is 8.42 Å². The zero-order valence-electron chi connectivity index (χ0n) is 15.4. The number of aryl methyl sites for hydroxylation is 1. The molecule has 2 aromatic rings. The molecule has 1 N–H and O–H groups in total. The molecule has 0 bridgehead atoms. The van der Waals surface area contributed by atoms with Gasteiger partial charge in [-0.2, -0.15) is 13.2 Å². The van der Waals surface area contributed by atoms with Crippen LogP contribution in [0.15, 0.2) is 39.6 Å². The van der Waals surface area contributed by atoms with Gasteiger partial charge in [0.05, 0.1) is 12.7 Å². The van der Waals surface area contributed by atoms with Gasteiger partial charge in [-0.05, 0) is 31.2 Å². The molecule has 154 valence electrons. The number of rotatable bonds is 5. The summed E-state index contributed by atoms with van der Waals surface area (Å²) in [6.07, 6.45) is -5.04. The van der Waals surface area contributed by atoms with E-state index in [0.29, 0.717) is 6.61 Å². The number of furan rings is 1. The number of ether oxygens (including phenoxy) is 1. The van der Waals surface area contributed by atoms with Crippen LogP contribution in [0.4, 0.5) is 18.9 Å². The quantitative estimate of drug-likeness (QED) is 0.800. The lowest BCUT2D eigenvalue weighted by atomic mass is 10.1. The zero-order valence-corrected chi connectivity index (χ0v) is 16.2. The Morgan fingerprint density at radius 2 is 1.93 bits per heavy atom. The Bertz CT molecular complexity index is 923. The van der Waals surface area contributed by atoms with Crippen LogP contribution >= 0.6 is 0 Å². The van der Waals surface area contributed by atoms with E-state index in [-0.39, 0.29) is 17.6 Å². The number of nitrogens with zero attached hydrogens (tertiary/aromatic N) is 1. The molecule has 6 nitrogen and oxygen atoms in total. The van der Waals surface area contributed by atoms with Crippen LogP contribution in [-0.2, 0) is 20.9 Å². The molecule has 0 amide bonds. The Morgan fingerprint density at radius 1 is 1.25 bits per heavy atom. The first-order valence-corrected chi connectivity index (χ1v) is 10.2. The standard InChI is InChI=1S/C18H21F3N2O4S/c1-3-23-8-9-26-15(11-23)13-4-6-14(7-5-13)22-28(24,25)16-10-12(2)27-17(16)18(19,20)21/h4-7,10,15,22H,3,8-9,11H2,1-2H3. The fraction of sp³-hybridized carbons (Fsp3) is 0.444. The van der Waals surface area contributed by atoms with Crippen molar-refractivity contribution in [2.75, 3.05) is 31.0 Å². The maximum atomic E-state index is 13.0. The smallest absolute Gasteiger partial charge is 0.450 e. The fourth-order valence-corrected chi connectivity index (χ4v) is 4.33. The number of hydrogen-bond acceptors (Lipinski definition) is 5. The van der Waals surface area contributed by atoms with E-state index in [2.05, 4.69) is 21.0 Å². The molecule has 3 rings (SSSR count). The second kappa shape index (κ2) is 7.76. The lowest BCUT2D eigenvalue weighted by molar-refractivity contribution is -0.155. The van der Waals surface area contributed by atoms with Gasteiger partial charge in [0.2, 0.25) is 5.76 Å². The van der Waals surface area contributed by atoms with Crippen LogP contribution < -0.4 is 4.72 Å². The third kappa shape index (κ3) is 4.50. The summed E-state index contributed by atoms with van der Waals surface area (Å²) in [7, 11) is -4.46. The van der Waals surface area contributed by atoms with Gasteiger partial charge in [0.15, 0.2) is 0 Å². The van der Waals surface area contributed by atoms with E-state index in [9.17, 15) is 21.6 Å². The molecular formula is C18H21F3N2O4S. The summed E-state index contributed by atoms with van der Waals surface area (Å²) in [4.78, 5) is 1.31. The van der Waals surface area contributed by atoms with Gasteiger partial charge in [-0.15, -0.1) is 0 Å². The molecule has 1 aliphatic rings. The Labute approximate surface area is 161 Å². The number of sulfonamides is 1. The SMILES string of the molecule is CCN1CCOC(c2ccc(NS(=O)(=O)c3cc(C)oc3C(F)(F)F)cc2)C1. The van der Waals surface area contributed by atoms with Gasteiger partial charge in [0, 0.05) is 24.8 Å². The molecule has 2 heterocycles. The Balaban J connectivity index is 1.79. The highest BCUT2D eigenvalue weighted by molar-refractivity contribution is 7.92. The van der Waals surface area contributed by atoms with Crippen molar-refractivity contribution in [3.05, 3.63) is 47.4 Å². The van der Waals surface area contributed by atoms with Gasteiger partial charge < -0.3 is 9.15 Å². The van der Waals surface area contributed by atoms with Crippen LogP contribution in [0.25, 0.3) is 0 Å². The predicted molar refractivity (Wildman–Crippen MR) is 96.5 cm³/mol. The lowest BCUT2D eigenvalue weighted by Gasteiger charge is -2.32. The normalized spacial score (nSPS) is 19.0. The summed E-state index contributed by atoms with van der Waals surface area (Å²) in [6, 6.07) is 7.26. The topological polar surface area (TPSA) is 71.8 Å². The largest absolute Gasteiger partial charge is 0.455 e. The molecule has 10 heteroatoms. The van der Waals surface area contributed by atoms with Crippen LogP contribution in [0.5, 0.6) is 0 Å². The number of benzene rings is 1. The van der Waals surface area contributed by atoms with Crippen molar-refractivity contribution in [3.63, 3.8) is 0 Å². The van der Waals surface area contributed by atoms with E-state index < -0.39 is 26.9 Å². The summed E-state index contributed by atoms with van der Waals surface area (Å²) >= 11 is 0. The van der Waals surface area contributed by atoms with Crippen molar-refractivity contribution in [1.29, 1.82) is 0 Å². The molecule has 1 atom stereocenters. The molecule has 1 fully saturated rings. The van der Waals surface area contributed by atoms with Crippen LogP contribution in [0.1, 0.15) is 30.1 Å². The number of halogens is 3. The lowest BCUT2D eigenvalue weighted by Crippen LogP contribution is -2.38. The highest BCUT2D eigenvalue weighted by Gasteiger charge is 2.42. The molecule has 0 spiro atoms. The highest BCUT2D eigenvalue weighted by atomic mass is 32.2. The molecule has 0 aliphatic carbocycles. The van der Waals surface area contributed by atoms with Gasteiger partial charge in [-0.3, -0.25) is 9.62 Å². The molecule has 1 unspecified atom stereocenters. The minimum absolute atomic E-state index is 0.132. The van der Waals surface area contributed by atoms with E-state index >= 15 is 0 Å². The summed E-state index contributed by atoms with van der Waals surface area (Å²) in [5.74, 6) is -1.68. The zero-order chi connectivity index (χ0) is 20.5. The van der Waals surface area contributed by atoms with Gasteiger partial charge in [0.25, 0.3) is 10.0 Å². The van der Waals surface area contributed by atoms with E-state index in [1.165, 1.54) is 19.1 Å². The van der Waals surface area contributed by atoms with E-state index in [0.717, 1.165) is 31.3 Å². The summed E-state index contributed by atoms with van der Waals surface area (Å²) in [5.41, 5.74) is 1.02. The maximum absolute atomic E-state index is 13.0. The average Bonchev–Trinajstić information content (AvgIpc) is 3.05. The van der Waals surface area contributed by atoms with Crippen molar-refractivity contribution in [2.45, 2.75) is 31.0 Å². The van der Waals surface area contributed by atoms with E-state index in [1.807, 2.05) is 0 Å². The molecular weight excluding hydrogens is 397 g/mol. The Hall–Kier alpha value is -2.04. The van der Waals surface area contributed by atoms with E-state index in [1.54, 1.807) is 12.1 Å². The van der Waals surface area contributed by atoms with Crippen LogP contribution in [0.2, 0.25) is 0 Å². The highest BCUT2D eigenvalue weighted by Crippen LogP contribution is 2.37. The van der Waals surface area contributed by atoms with Crippen molar-refractivity contribution in [2.24, 2.45) is 0 Å². The van der Waals surface area contributed by atoms with Gasteiger partial charge >= 0.3 is 6.18 Å². The first-order valence-electron chi connectivity index (χ1n) is 8.74. The monoisotopic (exact) mass is 418 g/mol. The number of anilines is 1. The maximum Gasteiger partial charge on any atom is 0.450 e. The number of likely N-dealkylation sites (N-methyl/N-ethyl adjacent to an activating group) is 1. The number of hydrogen-bond donors (Lipinski definition) is 1. The van der Waals surface area contributed by atoms with E-state index in [4.69, 9.17) is 4.74 Å².